The van der Waals surface area contributed by atoms with Crippen molar-refractivity contribution in [2.24, 2.45) is 11.5 Å². The molecule has 0 saturated carbocycles. The highest BCUT2D eigenvalue weighted by atomic mass is 32.1. The van der Waals surface area contributed by atoms with Gasteiger partial charge in [-0.15, -0.1) is 11.3 Å². The lowest BCUT2D eigenvalue weighted by molar-refractivity contribution is -0.125. The minimum absolute atomic E-state index is 0.128. The van der Waals surface area contributed by atoms with E-state index in [-0.39, 0.29) is 18.0 Å². The van der Waals surface area contributed by atoms with Crippen molar-refractivity contribution in [2.45, 2.75) is 38.3 Å². The molecular formula is C13H21N3OS. The zero-order valence-corrected chi connectivity index (χ0v) is 11.6. The number of nitrogens with two attached hydrogens (primary N) is 2. The molecular weight excluding hydrogens is 246 g/mol. The molecule has 0 bridgehead atoms. The van der Waals surface area contributed by atoms with Crippen molar-refractivity contribution >= 4 is 17.2 Å². The van der Waals surface area contributed by atoms with E-state index < -0.39 is 0 Å². The quantitative estimate of drug-likeness (QED) is 0.866. The third kappa shape index (κ3) is 2.58. The van der Waals surface area contributed by atoms with Crippen LogP contribution in [0.5, 0.6) is 0 Å². The minimum Gasteiger partial charge on any atom is -0.368 e. The Kier molecular flexibility index (Phi) is 4.37. The predicted molar refractivity (Wildman–Crippen MR) is 74.4 cm³/mol. The van der Waals surface area contributed by atoms with Crippen LogP contribution in [0, 0.1) is 6.92 Å². The molecule has 1 aliphatic rings. The zero-order valence-electron chi connectivity index (χ0n) is 10.8. The summed E-state index contributed by atoms with van der Waals surface area (Å²) in [5, 5.41) is 2.08. The topological polar surface area (TPSA) is 72.3 Å². The Balaban J connectivity index is 2.25. The molecule has 5 heteroatoms. The fraction of sp³-hybridized carbons (Fsp3) is 0.615. The highest BCUT2D eigenvalue weighted by Gasteiger charge is 2.33. The minimum atomic E-state index is -0.220. The molecule has 4 nitrogen and oxygen atoms in total. The van der Waals surface area contributed by atoms with Crippen LogP contribution in [0.2, 0.25) is 0 Å². The third-order valence-corrected chi connectivity index (χ3v) is 4.82. The first-order chi connectivity index (χ1) is 8.65. The number of piperidine rings is 1. The van der Waals surface area contributed by atoms with Gasteiger partial charge in [0.2, 0.25) is 5.91 Å². The van der Waals surface area contributed by atoms with E-state index in [2.05, 4.69) is 23.3 Å². The fourth-order valence-corrected chi connectivity index (χ4v) is 3.81. The monoisotopic (exact) mass is 267 g/mol. The van der Waals surface area contributed by atoms with Gasteiger partial charge < -0.3 is 11.5 Å². The van der Waals surface area contributed by atoms with Gasteiger partial charge in [0.25, 0.3) is 0 Å². The summed E-state index contributed by atoms with van der Waals surface area (Å²) >= 11 is 1.72. The fourth-order valence-electron chi connectivity index (χ4n) is 2.75. The molecule has 2 unspecified atom stereocenters. The smallest absolute Gasteiger partial charge is 0.234 e. The van der Waals surface area contributed by atoms with Crippen molar-refractivity contribution in [3.05, 3.63) is 21.9 Å². The molecule has 18 heavy (non-hydrogen) atoms. The Morgan fingerprint density at radius 2 is 2.39 bits per heavy atom. The van der Waals surface area contributed by atoms with Crippen molar-refractivity contribution in [2.75, 3.05) is 13.1 Å². The summed E-state index contributed by atoms with van der Waals surface area (Å²) in [6.07, 6.45) is 3.05. The second-order valence-electron chi connectivity index (χ2n) is 4.87. The highest BCUT2D eigenvalue weighted by Crippen LogP contribution is 2.32. The Morgan fingerprint density at radius 3 is 2.94 bits per heavy atom. The SMILES string of the molecule is Cc1ccsc1C(CN)N1CCCCC1C(N)=O. The van der Waals surface area contributed by atoms with Crippen LogP contribution in [0.15, 0.2) is 11.4 Å². The number of rotatable bonds is 4. The van der Waals surface area contributed by atoms with Gasteiger partial charge in [0.1, 0.15) is 0 Å². The summed E-state index contributed by atoms with van der Waals surface area (Å²) in [4.78, 5) is 15.1. The number of aryl methyl sites for hydroxylation is 1. The maximum Gasteiger partial charge on any atom is 0.234 e. The number of carbonyl (C=O) groups excluding carboxylic acids is 1. The lowest BCUT2D eigenvalue weighted by Crippen LogP contribution is -2.50. The Morgan fingerprint density at radius 1 is 1.61 bits per heavy atom. The second kappa shape index (κ2) is 5.82. The van der Waals surface area contributed by atoms with Crippen LogP contribution >= 0.6 is 11.3 Å². The van der Waals surface area contributed by atoms with E-state index >= 15 is 0 Å². The standard InChI is InChI=1S/C13H21N3OS/c1-9-5-7-18-12(9)11(8-14)16-6-3-2-4-10(16)13(15)17/h5,7,10-11H,2-4,6,8,14H2,1H3,(H2,15,17). The first-order valence-electron chi connectivity index (χ1n) is 6.44. The maximum absolute atomic E-state index is 11.6. The lowest BCUT2D eigenvalue weighted by atomic mass is 9.98. The average molecular weight is 267 g/mol. The van der Waals surface area contributed by atoms with Gasteiger partial charge in [0, 0.05) is 11.4 Å². The molecule has 4 N–H and O–H groups in total. The number of thiophene rings is 1. The van der Waals surface area contributed by atoms with Crippen molar-refractivity contribution < 1.29 is 4.79 Å². The number of likely N-dealkylation sites (tertiary alicyclic amines) is 1. The van der Waals surface area contributed by atoms with Crippen LogP contribution in [0.25, 0.3) is 0 Å². The van der Waals surface area contributed by atoms with Gasteiger partial charge >= 0.3 is 0 Å². The van der Waals surface area contributed by atoms with E-state index in [9.17, 15) is 4.79 Å². The molecule has 2 atom stereocenters. The first-order valence-corrected chi connectivity index (χ1v) is 7.32. The number of amides is 1. The Hall–Kier alpha value is -0.910. The van der Waals surface area contributed by atoms with Gasteiger partial charge in [-0.25, -0.2) is 0 Å². The Bertz CT molecular complexity index is 418. The van der Waals surface area contributed by atoms with E-state index in [1.807, 2.05) is 0 Å². The molecule has 0 aromatic carbocycles. The van der Waals surface area contributed by atoms with E-state index in [1.165, 1.54) is 10.4 Å². The summed E-state index contributed by atoms with van der Waals surface area (Å²) < 4.78 is 0. The molecule has 2 heterocycles. The van der Waals surface area contributed by atoms with Crippen molar-refractivity contribution in [3.63, 3.8) is 0 Å². The maximum atomic E-state index is 11.6. The summed E-state index contributed by atoms with van der Waals surface area (Å²) in [5.41, 5.74) is 12.7. The van der Waals surface area contributed by atoms with Gasteiger partial charge in [-0.3, -0.25) is 9.69 Å². The van der Waals surface area contributed by atoms with Gasteiger partial charge in [0.05, 0.1) is 12.1 Å². The molecule has 0 radical (unpaired) electrons. The van der Waals surface area contributed by atoms with E-state index in [1.54, 1.807) is 11.3 Å². The molecule has 1 aliphatic heterocycles. The third-order valence-electron chi connectivity index (χ3n) is 3.70. The normalized spacial score (nSPS) is 22.9. The van der Waals surface area contributed by atoms with Crippen molar-refractivity contribution in [1.29, 1.82) is 0 Å². The molecule has 1 fully saturated rings. The van der Waals surface area contributed by atoms with Crippen LogP contribution in [0.3, 0.4) is 0 Å². The van der Waals surface area contributed by atoms with E-state index in [0.717, 1.165) is 25.8 Å². The van der Waals surface area contributed by atoms with E-state index in [0.29, 0.717) is 6.54 Å². The molecule has 100 valence electrons. The Labute approximate surface area is 112 Å². The first kappa shape index (κ1) is 13.5. The molecule has 0 spiro atoms. The molecule has 2 rings (SSSR count). The van der Waals surface area contributed by atoms with Crippen LogP contribution in [-0.2, 0) is 4.79 Å². The highest BCUT2D eigenvalue weighted by molar-refractivity contribution is 7.10. The molecule has 1 amide bonds. The molecule has 1 aromatic heterocycles. The number of nitrogens with zero attached hydrogens (tertiary/aromatic N) is 1. The number of primary amides is 1. The largest absolute Gasteiger partial charge is 0.368 e. The molecule has 0 aliphatic carbocycles. The van der Waals surface area contributed by atoms with Crippen LogP contribution in [-0.4, -0.2) is 29.9 Å². The number of carbonyl (C=O) groups is 1. The van der Waals surface area contributed by atoms with Crippen LogP contribution in [0.4, 0.5) is 0 Å². The summed E-state index contributed by atoms with van der Waals surface area (Å²) in [6, 6.07) is 2.07. The van der Waals surface area contributed by atoms with Crippen LogP contribution < -0.4 is 11.5 Å². The predicted octanol–water partition coefficient (Wildman–Crippen LogP) is 1.40. The summed E-state index contributed by atoms with van der Waals surface area (Å²) in [7, 11) is 0. The number of hydrogen-bond acceptors (Lipinski definition) is 4. The van der Waals surface area contributed by atoms with E-state index in [4.69, 9.17) is 11.5 Å². The average Bonchev–Trinajstić information content (AvgIpc) is 2.77. The van der Waals surface area contributed by atoms with Gasteiger partial charge in [-0.2, -0.15) is 0 Å². The van der Waals surface area contributed by atoms with Gasteiger partial charge in [0.15, 0.2) is 0 Å². The molecule has 1 saturated heterocycles. The van der Waals surface area contributed by atoms with Gasteiger partial charge in [-0.1, -0.05) is 6.42 Å². The van der Waals surface area contributed by atoms with Crippen molar-refractivity contribution in [3.8, 4) is 0 Å². The molecule has 1 aromatic rings. The lowest BCUT2D eigenvalue weighted by Gasteiger charge is -2.39. The van der Waals surface area contributed by atoms with Gasteiger partial charge in [-0.05, 0) is 43.3 Å². The second-order valence-corrected chi connectivity index (χ2v) is 5.82. The number of hydrogen-bond donors (Lipinski definition) is 2. The van der Waals surface area contributed by atoms with Crippen molar-refractivity contribution in [1.82, 2.24) is 4.90 Å². The summed E-state index contributed by atoms with van der Waals surface area (Å²) in [6.45, 7) is 3.54. The zero-order chi connectivity index (χ0) is 13.1. The van der Waals surface area contributed by atoms with Crippen LogP contribution in [0.1, 0.15) is 35.7 Å². The summed E-state index contributed by atoms with van der Waals surface area (Å²) in [5.74, 6) is -0.220.